The molecule has 1 saturated heterocycles. The van der Waals surface area contributed by atoms with Crippen LogP contribution in [0.5, 0.6) is 0 Å². The summed E-state index contributed by atoms with van der Waals surface area (Å²) < 4.78 is 2.23. The summed E-state index contributed by atoms with van der Waals surface area (Å²) in [5.41, 5.74) is 7.65. The van der Waals surface area contributed by atoms with Gasteiger partial charge in [0, 0.05) is 23.3 Å². The fourth-order valence-electron chi connectivity index (χ4n) is 4.82. The van der Waals surface area contributed by atoms with Crippen molar-refractivity contribution in [1.29, 1.82) is 0 Å². The zero-order chi connectivity index (χ0) is 23.1. The number of para-hydroxylation sites is 1. The number of hydrogen-bond donors (Lipinski definition) is 1. The average Bonchev–Trinajstić information content (AvgIpc) is 3.30. The van der Waals surface area contributed by atoms with Crippen molar-refractivity contribution in [2.75, 3.05) is 4.90 Å². The second kappa shape index (κ2) is 8.65. The minimum Gasteiger partial charge on any atom is -0.351 e. The summed E-state index contributed by atoms with van der Waals surface area (Å²) in [7, 11) is 0. The van der Waals surface area contributed by atoms with Gasteiger partial charge in [-0.2, -0.15) is 0 Å². The lowest BCUT2D eigenvalue weighted by Gasteiger charge is -2.28. The Balaban J connectivity index is 1.70. The SMILES string of the molecule is Cc1cccc(N2C(=S)N[C@@H](c3ccccn3)[C@H]2c2cc(C)n(-c3ccccc3Cl)c2C)c1. The van der Waals surface area contributed by atoms with Crippen LogP contribution in [0.25, 0.3) is 5.69 Å². The van der Waals surface area contributed by atoms with Gasteiger partial charge in [-0.1, -0.05) is 41.9 Å². The molecule has 0 amide bonds. The molecule has 6 heteroatoms. The van der Waals surface area contributed by atoms with Crippen molar-refractivity contribution in [3.05, 3.63) is 112 Å². The molecule has 4 aromatic rings. The Kier molecular flexibility index (Phi) is 5.69. The maximum absolute atomic E-state index is 6.59. The molecule has 2 aromatic heterocycles. The van der Waals surface area contributed by atoms with Crippen molar-refractivity contribution in [2.45, 2.75) is 32.9 Å². The van der Waals surface area contributed by atoms with Crippen LogP contribution in [0.3, 0.4) is 0 Å². The zero-order valence-electron chi connectivity index (χ0n) is 18.8. The number of pyridine rings is 1. The molecule has 3 heterocycles. The Morgan fingerprint density at radius 2 is 1.73 bits per heavy atom. The van der Waals surface area contributed by atoms with E-state index in [1.54, 1.807) is 0 Å². The van der Waals surface area contributed by atoms with Crippen molar-refractivity contribution in [3.8, 4) is 5.69 Å². The Morgan fingerprint density at radius 3 is 2.45 bits per heavy atom. The molecular formula is C27H25ClN4S. The van der Waals surface area contributed by atoms with Crippen LogP contribution in [0.2, 0.25) is 5.02 Å². The number of nitrogens with one attached hydrogen (secondary N) is 1. The van der Waals surface area contributed by atoms with Gasteiger partial charge in [0.15, 0.2) is 5.11 Å². The summed E-state index contributed by atoms with van der Waals surface area (Å²) >= 11 is 12.5. The van der Waals surface area contributed by atoms with Crippen LogP contribution < -0.4 is 10.2 Å². The molecule has 0 aliphatic carbocycles. The molecule has 2 aromatic carbocycles. The molecule has 1 aliphatic rings. The molecule has 166 valence electrons. The molecule has 33 heavy (non-hydrogen) atoms. The largest absolute Gasteiger partial charge is 0.351 e. The van der Waals surface area contributed by atoms with Crippen LogP contribution in [0.1, 0.15) is 40.3 Å². The van der Waals surface area contributed by atoms with E-state index in [0.717, 1.165) is 33.5 Å². The fourth-order valence-corrected chi connectivity index (χ4v) is 5.38. The molecule has 0 saturated carbocycles. The average molecular weight is 473 g/mol. The fraction of sp³-hybridized carbons (Fsp3) is 0.185. The van der Waals surface area contributed by atoms with E-state index in [4.69, 9.17) is 23.8 Å². The smallest absolute Gasteiger partial charge is 0.174 e. The maximum atomic E-state index is 6.59. The van der Waals surface area contributed by atoms with Crippen molar-refractivity contribution in [3.63, 3.8) is 0 Å². The number of benzene rings is 2. The van der Waals surface area contributed by atoms with Crippen LogP contribution in [0, 0.1) is 20.8 Å². The third kappa shape index (κ3) is 3.81. The molecule has 0 bridgehead atoms. The molecule has 0 spiro atoms. The molecule has 5 rings (SSSR count). The number of halogens is 1. The van der Waals surface area contributed by atoms with Gasteiger partial charge in [-0.3, -0.25) is 4.98 Å². The summed E-state index contributed by atoms with van der Waals surface area (Å²) in [5, 5.41) is 4.98. The van der Waals surface area contributed by atoms with Gasteiger partial charge in [-0.25, -0.2) is 0 Å². The first kappa shape index (κ1) is 21.7. The van der Waals surface area contributed by atoms with E-state index in [1.807, 2.05) is 36.5 Å². The van der Waals surface area contributed by atoms with Gasteiger partial charge in [0.25, 0.3) is 0 Å². The molecule has 1 fully saturated rings. The highest BCUT2D eigenvalue weighted by molar-refractivity contribution is 7.80. The molecule has 0 unspecified atom stereocenters. The van der Waals surface area contributed by atoms with Crippen LogP contribution >= 0.6 is 23.8 Å². The second-order valence-electron chi connectivity index (χ2n) is 8.45. The maximum Gasteiger partial charge on any atom is 0.174 e. The van der Waals surface area contributed by atoms with E-state index < -0.39 is 0 Å². The van der Waals surface area contributed by atoms with Gasteiger partial charge in [-0.05, 0) is 86.6 Å². The van der Waals surface area contributed by atoms with Gasteiger partial charge in [0.2, 0.25) is 0 Å². The first-order chi connectivity index (χ1) is 16.0. The van der Waals surface area contributed by atoms with E-state index in [-0.39, 0.29) is 12.1 Å². The minimum absolute atomic E-state index is 0.0587. The predicted octanol–water partition coefficient (Wildman–Crippen LogP) is 6.63. The van der Waals surface area contributed by atoms with E-state index in [9.17, 15) is 0 Å². The first-order valence-electron chi connectivity index (χ1n) is 11.0. The normalized spacial score (nSPS) is 17.9. The van der Waals surface area contributed by atoms with Crippen molar-refractivity contribution in [1.82, 2.24) is 14.9 Å². The van der Waals surface area contributed by atoms with Crippen molar-refractivity contribution >= 4 is 34.6 Å². The Hall–Kier alpha value is -3.15. The van der Waals surface area contributed by atoms with Crippen LogP contribution in [0.4, 0.5) is 5.69 Å². The third-order valence-electron chi connectivity index (χ3n) is 6.26. The number of aryl methyl sites for hydroxylation is 2. The number of thiocarbonyl (C=S) groups is 1. The summed E-state index contributed by atoms with van der Waals surface area (Å²) in [5.74, 6) is 0. The molecule has 4 nitrogen and oxygen atoms in total. The Bertz CT molecular complexity index is 1330. The van der Waals surface area contributed by atoms with Gasteiger partial charge in [-0.15, -0.1) is 0 Å². The summed E-state index contributed by atoms with van der Waals surface area (Å²) in [4.78, 5) is 6.89. The monoisotopic (exact) mass is 472 g/mol. The molecule has 2 atom stereocenters. The lowest BCUT2D eigenvalue weighted by molar-refractivity contribution is 0.565. The van der Waals surface area contributed by atoms with Gasteiger partial charge in [0.05, 0.1) is 28.5 Å². The topological polar surface area (TPSA) is 33.1 Å². The van der Waals surface area contributed by atoms with E-state index in [2.05, 4.69) is 83.0 Å². The molecule has 1 N–H and O–H groups in total. The molecular weight excluding hydrogens is 448 g/mol. The number of aromatic nitrogens is 2. The Morgan fingerprint density at radius 1 is 0.939 bits per heavy atom. The Labute approximate surface area is 204 Å². The van der Waals surface area contributed by atoms with Crippen LogP contribution in [-0.2, 0) is 0 Å². The summed E-state index contributed by atoms with van der Waals surface area (Å²) in [6.07, 6.45) is 1.83. The highest BCUT2D eigenvalue weighted by Crippen LogP contribution is 2.44. The summed E-state index contributed by atoms with van der Waals surface area (Å²) in [6.45, 7) is 6.37. The van der Waals surface area contributed by atoms with Crippen molar-refractivity contribution < 1.29 is 0 Å². The highest BCUT2D eigenvalue weighted by atomic mass is 35.5. The first-order valence-corrected chi connectivity index (χ1v) is 11.8. The van der Waals surface area contributed by atoms with Gasteiger partial charge >= 0.3 is 0 Å². The number of hydrogen-bond acceptors (Lipinski definition) is 2. The lowest BCUT2D eigenvalue weighted by Crippen LogP contribution is -2.29. The zero-order valence-corrected chi connectivity index (χ0v) is 20.4. The highest BCUT2D eigenvalue weighted by Gasteiger charge is 2.42. The van der Waals surface area contributed by atoms with E-state index in [1.165, 1.54) is 11.1 Å². The number of anilines is 1. The van der Waals surface area contributed by atoms with Gasteiger partial charge < -0.3 is 14.8 Å². The quantitative estimate of drug-likeness (QED) is 0.338. The summed E-state index contributed by atoms with van der Waals surface area (Å²) in [6, 6.07) is 24.5. The lowest BCUT2D eigenvalue weighted by atomic mass is 9.96. The third-order valence-corrected chi connectivity index (χ3v) is 6.89. The van der Waals surface area contributed by atoms with Crippen LogP contribution in [0.15, 0.2) is 79.0 Å². The minimum atomic E-state index is -0.0839. The van der Waals surface area contributed by atoms with E-state index >= 15 is 0 Å². The molecule has 0 radical (unpaired) electrons. The van der Waals surface area contributed by atoms with E-state index in [0.29, 0.717) is 5.11 Å². The number of rotatable bonds is 4. The standard InChI is InChI=1S/C27H25ClN4S/c1-17-9-8-10-20(15-17)32-26(25(30-27(32)33)23-12-6-7-14-29-23)21-16-18(2)31(19(21)3)24-13-5-4-11-22(24)28/h4-16,25-26H,1-3H3,(H,30,33)/t25-,26+/m0/s1. The number of nitrogens with zero attached hydrogens (tertiary/aromatic N) is 3. The van der Waals surface area contributed by atoms with Crippen molar-refractivity contribution in [2.24, 2.45) is 0 Å². The molecule has 1 aliphatic heterocycles. The predicted molar refractivity (Wildman–Crippen MR) is 139 cm³/mol. The van der Waals surface area contributed by atoms with Gasteiger partial charge in [0.1, 0.15) is 0 Å². The van der Waals surface area contributed by atoms with Crippen LogP contribution in [-0.4, -0.2) is 14.7 Å². The second-order valence-corrected chi connectivity index (χ2v) is 9.24.